The molecule has 0 bridgehead atoms. The van der Waals surface area contributed by atoms with Crippen molar-refractivity contribution in [1.29, 1.82) is 0 Å². The zero-order valence-electron chi connectivity index (χ0n) is 14.4. The third-order valence-electron chi connectivity index (χ3n) is 3.88. The van der Waals surface area contributed by atoms with Gasteiger partial charge in [-0.2, -0.15) is 5.10 Å². The smallest absolute Gasteiger partial charge is 0.256 e. The Balaban J connectivity index is 1.68. The molecule has 0 saturated carbocycles. The zero-order chi connectivity index (χ0) is 17.6. The van der Waals surface area contributed by atoms with Crippen LogP contribution in [-0.2, 0) is 13.0 Å². The van der Waals surface area contributed by atoms with Gasteiger partial charge in [-0.05, 0) is 24.1 Å². The number of hydrogen-bond donors (Lipinski definition) is 1. The maximum absolute atomic E-state index is 12.5. The monoisotopic (exact) mass is 335 g/mol. The summed E-state index contributed by atoms with van der Waals surface area (Å²) in [7, 11) is 3.78. The van der Waals surface area contributed by atoms with Crippen LogP contribution in [0.3, 0.4) is 0 Å². The highest BCUT2D eigenvalue weighted by atomic mass is 16.1. The van der Waals surface area contributed by atoms with Crippen LogP contribution in [0.5, 0.6) is 0 Å². The second-order valence-electron chi connectivity index (χ2n) is 5.93. The molecule has 1 N–H and O–H groups in total. The summed E-state index contributed by atoms with van der Waals surface area (Å²) >= 11 is 0. The Hall–Kier alpha value is -3.15. The molecule has 0 aliphatic heterocycles. The van der Waals surface area contributed by atoms with E-state index in [1.807, 2.05) is 37.2 Å². The van der Waals surface area contributed by atoms with Crippen LogP contribution < -0.4 is 10.2 Å². The molecule has 2 aromatic heterocycles. The van der Waals surface area contributed by atoms with Crippen molar-refractivity contribution in [3.63, 3.8) is 0 Å². The number of benzene rings is 1. The second kappa shape index (κ2) is 7.61. The van der Waals surface area contributed by atoms with Crippen LogP contribution >= 0.6 is 0 Å². The lowest BCUT2D eigenvalue weighted by Crippen LogP contribution is -2.18. The number of anilines is 2. The van der Waals surface area contributed by atoms with Gasteiger partial charge in [-0.15, -0.1) is 0 Å². The van der Waals surface area contributed by atoms with Crippen molar-refractivity contribution in [2.24, 2.45) is 0 Å². The molecule has 0 saturated heterocycles. The number of amides is 1. The van der Waals surface area contributed by atoms with Crippen LogP contribution in [-0.4, -0.2) is 34.8 Å². The van der Waals surface area contributed by atoms with E-state index < -0.39 is 0 Å². The van der Waals surface area contributed by atoms with Gasteiger partial charge >= 0.3 is 0 Å². The fourth-order valence-electron chi connectivity index (χ4n) is 2.49. The largest absolute Gasteiger partial charge is 0.363 e. The van der Waals surface area contributed by atoms with Crippen LogP contribution in [0.1, 0.15) is 15.9 Å². The van der Waals surface area contributed by atoms with Crippen molar-refractivity contribution in [3.05, 3.63) is 72.1 Å². The lowest BCUT2D eigenvalue weighted by molar-refractivity contribution is 0.102. The van der Waals surface area contributed by atoms with Crippen LogP contribution in [0.2, 0.25) is 0 Å². The summed E-state index contributed by atoms with van der Waals surface area (Å²) in [5, 5.41) is 7.23. The molecule has 0 spiro atoms. The van der Waals surface area contributed by atoms with Gasteiger partial charge in [-0.25, -0.2) is 9.67 Å². The van der Waals surface area contributed by atoms with Gasteiger partial charge in [-0.3, -0.25) is 4.79 Å². The molecule has 0 atom stereocenters. The molecule has 0 aliphatic rings. The Morgan fingerprint density at radius 3 is 2.68 bits per heavy atom. The summed E-state index contributed by atoms with van der Waals surface area (Å²) in [5.74, 6) is 1.25. The number of carbonyl (C=O) groups excluding carboxylic acids is 1. The molecular formula is C19H21N5O. The number of nitrogens with zero attached hydrogens (tertiary/aromatic N) is 4. The first-order valence-electron chi connectivity index (χ1n) is 8.14. The number of pyridine rings is 1. The summed E-state index contributed by atoms with van der Waals surface area (Å²) in [6.45, 7) is 0.700. The molecule has 0 aliphatic carbocycles. The quantitative estimate of drug-likeness (QED) is 0.752. The highest BCUT2D eigenvalue weighted by Gasteiger charge is 2.11. The van der Waals surface area contributed by atoms with Crippen LogP contribution in [0.25, 0.3) is 0 Å². The molecule has 0 fully saturated rings. The molecule has 0 radical (unpaired) electrons. The van der Waals surface area contributed by atoms with Gasteiger partial charge in [0.1, 0.15) is 11.6 Å². The Morgan fingerprint density at radius 1 is 1.12 bits per heavy atom. The zero-order valence-corrected chi connectivity index (χ0v) is 14.4. The minimum absolute atomic E-state index is 0.174. The molecule has 6 heteroatoms. The predicted molar refractivity (Wildman–Crippen MR) is 98.9 cm³/mol. The minimum Gasteiger partial charge on any atom is -0.363 e. The number of aryl methyl sites for hydroxylation is 2. The van der Waals surface area contributed by atoms with E-state index >= 15 is 0 Å². The Morgan fingerprint density at radius 2 is 1.92 bits per heavy atom. The van der Waals surface area contributed by atoms with Crippen molar-refractivity contribution >= 4 is 17.5 Å². The summed E-state index contributed by atoms with van der Waals surface area (Å²) in [5.41, 5.74) is 1.80. The summed E-state index contributed by atoms with van der Waals surface area (Å²) < 4.78 is 1.80. The predicted octanol–water partition coefficient (Wildman–Crippen LogP) is 2.84. The molecule has 2 heterocycles. The first kappa shape index (κ1) is 16.7. The van der Waals surface area contributed by atoms with E-state index in [4.69, 9.17) is 0 Å². The molecule has 3 aromatic rings. The standard InChI is InChI=1S/C19H21N5O/c1-23(2)18-14-16(8-11-20-18)19(25)22-17-9-12-21-24(17)13-10-15-6-4-3-5-7-15/h3-9,11-12,14H,10,13H2,1-2H3,(H,22,25). The number of carbonyl (C=O) groups is 1. The van der Waals surface area contributed by atoms with Crippen molar-refractivity contribution in [1.82, 2.24) is 14.8 Å². The number of rotatable bonds is 6. The van der Waals surface area contributed by atoms with Crippen molar-refractivity contribution in [2.45, 2.75) is 13.0 Å². The highest BCUT2D eigenvalue weighted by Crippen LogP contribution is 2.13. The van der Waals surface area contributed by atoms with E-state index in [1.165, 1.54) is 5.56 Å². The molecule has 6 nitrogen and oxygen atoms in total. The van der Waals surface area contributed by atoms with Gasteiger partial charge in [0.05, 0.1) is 6.20 Å². The van der Waals surface area contributed by atoms with E-state index in [0.29, 0.717) is 17.9 Å². The van der Waals surface area contributed by atoms with Gasteiger partial charge in [0.2, 0.25) is 0 Å². The first-order chi connectivity index (χ1) is 12.1. The van der Waals surface area contributed by atoms with Crippen molar-refractivity contribution in [3.8, 4) is 0 Å². The molecule has 3 rings (SSSR count). The maximum Gasteiger partial charge on any atom is 0.256 e. The molecule has 0 unspecified atom stereocenters. The van der Waals surface area contributed by atoms with Crippen LogP contribution in [0.4, 0.5) is 11.6 Å². The van der Waals surface area contributed by atoms with Gasteiger partial charge in [0.15, 0.2) is 0 Å². The number of aromatic nitrogens is 3. The average molecular weight is 335 g/mol. The van der Waals surface area contributed by atoms with Gasteiger partial charge < -0.3 is 10.2 Å². The van der Waals surface area contributed by atoms with E-state index in [1.54, 1.807) is 35.3 Å². The normalized spacial score (nSPS) is 10.5. The average Bonchev–Trinajstić information content (AvgIpc) is 3.08. The SMILES string of the molecule is CN(C)c1cc(C(=O)Nc2ccnn2CCc2ccccc2)ccn1. The Labute approximate surface area is 147 Å². The topological polar surface area (TPSA) is 63.1 Å². The Bertz CT molecular complexity index is 842. The van der Waals surface area contributed by atoms with Gasteiger partial charge in [0.25, 0.3) is 5.91 Å². The summed E-state index contributed by atoms with van der Waals surface area (Å²) in [6, 6.07) is 15.5. The summed E-state index contributed by atoms with van der Waals surface area (Å²) in [4.78, 5) is 18.6. The number of nitrogens with one attached hydrogen (secondary N) is 1. The lowest BCUT2D eigenvalue weighted by Gasteiger charge is -2.13. The van der Waals surface area contributed by atoms with E-state index in [-0.39, 0.29) is 5.91 Å². The van der Waals surface area contributed by atoms with Crippen molar-refractivity contribution < 1.29 is 4.79 Å². The number of hydrogen-bond acceptors (Lipinski definition) is 4. The van der Waals surface area contributed by atoms with Crippen LogP contribution in [0.15, 0.2) is 60.9 Å². The second-order valence-corrected chi connectivity index (χ2v) is 5.93. The highest BCUT2D eigenvalue weighted by molar-refractivity contribution is 6.04. The van der Waals surface area contributed by atoms with Gasteiger partial charge in [-0.1, -0.05) is 30.3 Å². The minimum atomic E-state index is -0.174. The lowest BCUT2D eigenvalue weighted by atomic mass is 10.1. The third kappa shape index (κ3) is 4.23. The fourth-order valence-corrected chi connectivity index (χ4v) is 2.49. The molecule has 128 valence electrons. The molecule has 25 heavy (non-hydrogen) atoms. The third-order valence-corrected chi connectivity index (χ3v) is 3.88. The Kier molecular flexibility index (Phi) is 5.09. The van der Waals surface area contributed by atoms with E-state index in [0.717, 1.165) is 12.2 Å². The molecular weight excluding hydrogens is 314 g/mol. The molecule has 1 aromatic carbocycles. The molecule has 1 amide bonds. The fraction of sp³-hybridized carbons (Fsp3) is 0.211. The van der Waals surface area contributed by atoms with Crippen LogP contribution in [0, 0.1) is 0 Å². The van der Waals surface area contributed by atoms with Gasteiger partial charge in [0, 0.05) is 38.5 Å². The van der Waals surface area contributed by atoms with E-state index in [2.05, 4.69) is 27.5 Å². The van der Waals surface area contributed by atoms with Crippen molar-refractivity contribution in [2.75, 3.05) is 24.3 Å². The first-order valence-corrected chi connectivity index (χ1v) is 8.14. The van der Waals surface area contributed by atoms with E-state index in [9.17, 15) is 4.79 Å². The maximum atomic E-state index is 12.5. The summed E-state index contributed by atoms with van der Waals surface area (Å²) in [6.07, 6.45) is 4.18.